The number of benzene rings is 1. The van der Waals surface area contributed by atoms with E-state index < -0.39 is 12.0 Å². The smallest absolute Gasteiger partial charge is 0.326 e. The van der Waals surface area contributed by atoms with Crippen LogP contribution in [0.5, 0.6) is 5.75 Å². The number of aliphatic carboxylic acids is 1. The first kappa shape index (κ1) is 10.5. The number of fused-ring (bicyclic) bond motifs is 1. The van der Waals surface area contributed by atoms with Gasteiger partial charge in [-0.15, -0.1) is 0 Å². The van der Waals surface area contributed by atoms with Crippen molar-refractivity contribution >= 4 is 17.6 Å². The number of carboxylic acids is 1. The molecule has 1 N–H and O–H groups in total. The molecule has 16 heavy (non-hydrogen) atoms. The Hall–Kier alpha value is -2.04. The maximum atomic E-state index is 11.6. The van der Waals surface area contributed by atoms with Gasteiger partial charge in [-0.05, 0) is 19.1 Å². The van der Waals surface area contributed by atoms with Crippen LogP contribution in [0.2, 0.25) is 0 Å². The molecular formula is C11H11NO4. The topological polar surface area (TPSA) is 66.8 Å². The highest BCUT2D eigenvalue weighted by atomic mass is 16.5. The molecule has 1 atom stereocenters. The zero-order valence-electron chi connectivity index (χ0n) is 8.71. The van der Waals surface area contributed by atoms with Crippen molar-refractivity contribution in [1.29, 1.82) is 0 Å². The Morgan fingerprint density at radius 2 is 2.19 bits per heavy atom. The normalized spacial score (nSPS) is 16.3. The van der Waals surface area contributed by atoms with Gasteiger partial charge in [-0.1, -0.05) is 12.1 Å². The molecule has 5 nitrogen and oxygen atoms in total. The summed E-state index contributed by atoms with van der Waals surface area (Å²) in [5.41, 5.74) is 0.508. The van der Waals surface area contributed by atoms with Gasteiger partial charge in [0.15, 0.2) is 6.61 Å². The third-order valence-corrected chi connectivity index (χ3v) is 2.49. The van der Waals surface area contributed by atoms with Gasteiger partial charge in [0.25, 0.3) is 5.91 Å². The van der Waals surface area contributed by atoms with Gasteiger partial charge in [0.1, 0.15) is 11.8 Å². The molecule has 0 fully saturated rings. The lowest BCUT2D eigenvalue weighted by atomic mass is 10.2. The lowest BCUT2D eigenvalue weighted by molar-refractivity contribution is -0.140. The molecule has 0 aliphatic carbocycles. The van der Waals surface area contributed by atoms with E-state index in [1.807, 2.05) is 0 Å². The average Bonchev–Trinajstić information content (AvgIpc) is 2.28. The highest BCUT2D eigenvalue weighted by molar-refractivity contribution is 6.02. The van der Waals surface area contributed by atoms with Gasteiger partial charge < -0.3 is 9.84 Å². The molecule has 0 unspecified atom stereocenters. The van der Waals surface area contributed by atoms with Crippen LogP contribution in [0.3, 0.4) is 0 Å². The van der Waals surface area contributed by atoms with E-state index in [9.17, 15) is 9.59 Å². The van der Waals surface area contributed by atoms with Crippen LogP contribution in [0.4, 0.5) is 5.69 Å². The van der Waals surface area contributed by atoms with Crippen molar-refractivity contribution in [2.75, 3.05) is 11.5 Å². The summed E-state index contributed by atoms with van der Waals surface area (Å²) < 4.78 is 5.21. The molecule has 0 saturated heterocycles. The first-order valence-electron chi connectivity index (χ1n) is 4.88. The SMILES string of the molecule is C[C@@H](C(=O)O)N1C(=O)COc2ccccc21. The van der Waals surface area contributed by atoms with Gasteiger partial charge in [-0.3, -0.25) is 9.69 Å². The van der Waals surface area contributed by atoms with Crippen molar-refractivity contribution in [1.82, 2.24) is 0 Å². The predicted molar refractivity (Wildman–Crippen MR) is 56.5 cm³/mol. The third kappa shape index (κ3) is 1.60. The van der Waals surface area contributed by atoms with Crippen molar-refractivity contribution < 1.29 is 19.4 Å². The summed E-state index contributed by atoms with van der Waals surface area (Å²) in [6.45, 7) is 1.36. The van der Waals surface area contributed by atoms with E-state index in [0.717, 1.165) is 0 Å². The molecule has 1 aromatic rings. The van der Waals surface area contributed by atoms with Crippen molar-refractivity contribution in [3.05, 3.63) is 24.3 Å². The molecule has 0 radical (unpaired) electrons. The molecule has 0 saturated carbocycles. The van der Waals surface area contributed by atoms with Crippen LogP contribution >= 0.6 is 0 Å². The van der Waals surface area contributed by atoms with Crippen LogP contribution in [-0.4, -0.2) is 29.6 Å². The fourth-order valence-corrected chi connectivity index (χ4v) is 1.66. The second kappa shape index (κ2) is 3.84. The molecule has 0 aromatic heterocycles. The number of rotatable bonds is 2. The van der Waals surface area contributed by atoms with Crippen LogP contribution in [0.25, 0.3) is 0 Å². The summed E-state index contributed by atoms with van der Waals surface area (Å²) in [6, 6.07) is 6.01. The first-order valence-corrected chi connectivity index (χ1v) is 4.88. The number of hydrogen-bond donors (Lipinski definition) is 1. The summed E-state index contributed by atoms with van der Waals surface area (Å²) in [4.78, 5) is 23.8. The van der Waals surface area contributed by atoms with Crippen LogP contribution in [0.1, 0.15) is 6.92 Å². The Bertz CT molecular complexity index is 443. The minimum absolute atomic E-state index is 0.116. The Morgan fingerprint density at radius 3 is 2.88 bits per heavy atom. The van der Waals surface area contributed by atoms with E-state index in [4.69, 9.17) is 9.84 Å². The lowest BCUT2D eigenvalue weighted by Gasteiger charge is -2.31. The van der Waals surface area contributed by atoms with Crippen molar-refractivity contribution in [2.45, 2.75) is 13.0 Å². The van der Waals surface area contributed by atoms with Crippen LogP contribution in [-0.2, 0) is 9.59 Å². The number of ether oxygens (including phenoxy) is 1. The van der Waals surface area contributed by atoms with E-state index in [0.29, 0.717) is 11.4 Å². The molecule has 1 amide bonds. The van der Waals surface area contributed by atoms with Gasteiger partial charge in [0.05, 0.1) is 5.69 Å². The van der Waals surface area contributed by atoms with E-state index in [1.54, 1.807) is 24.3 Å². The second-order valence-corrected chi connectivity index (χ2v) is 3.53. The lowest BCUT2D eigenvalue weighted by Crippen LogP contribution is -2.47. The molecule has 1 aliphatic heterocycles. The molecule has 84 valence electrons. The molecule has 1 aromatic carbocycles. The highest BCUT2D eigenvalue weighted by Crippen LogP contribution is 2.32. The molecule has 1 aliphatic rings. The zero-order chi connectivity index (χ0) is 11.7. The number of carbonyl (C=O) groups excluding carboxylic acids is 1. The summed E-state index contributed by atoms with van der Waals surface area (Å²) >= 11 is 0. The number of nitrogens with zero attached hydrogens (tertiary/aromatic N) is 1. The average molecular weight is 221 g/mol. The predicted octanol–water partition coefficient (Wildman–Crippen LogP) is 0.885. The number of hydrogen-bond acceptors (Lipinski definition) is 3. The van der Waals surface area contributed by atoms with Crippen LogP contribution in [0.15, 0.2) is 24.3 Å². The molecule has 1 heterocycles. The van der Waals surface area contributed by atoms with Crippen LogP contribution in [0, 0.1) is 0 Å². The Balaban J connectivity index is 2.44. The maximum absolute atomic E-state index is 11.6. The number of para-hydroxylation sites is 2. The number of carboxylic acid groups (broad SMARTS) is 1. The zero-order valence-corrected chi connectivity index (χ0v) is 8.71. The van der Waals surface area contributed by atoms with E-state index >= 15 is 0 Å². The Kier molecular flexibility index (Phi) is 2.52. The Labute approximate surface area is 92.2 Å². The second-order valence-electron chi connectivity index (χ2n) is 3.53. The minimum atomic E-state index is -1.04. The number of anilines is 1. The maximum Gasteiger partial charge on any atom is 0.326 e. The summed E-state index contributed by atoms with van der Waals surface area (Å²) in [5.74, 6) is -0.839. The van der Waals surface area contributed by atoms with Gasteiger partial charge in [0, 0.05) is 0 Å². The fraction of sp³-hybridized carbons (Fsp3) is 0.273. The Morgan fingerprint density at radius 1 is 1.50 bits per heavy atom. The van der Waals surface area contributed by atoms with E-state index in [2.05, 4.69) is 0 Å². The molecule has 0 spiro atoms. The number of amides is 1. The van der Waals surface area contributed by atoms with Crippen LogP contribution < -0.4 is 9.64 Å². The van der Waals surface area contributed by atoms with E-state index in [-0.39, 0.29) is 12.5 Å². The van der Waals surface area contributed by atoms with Gasteiger partial charge >= 0.3 is 5.97 Å². The number of carbonyl (C=O) groups is 2. The van der Waals surface area contributed by atoms with E-state index in [1.165, 1.54) is 11.8 Å². The van der Waals surface area contributed by atoms with Gasteiger partial charge in [-0.2, -0.15) is 0 Å². The quantitative estimate of drug-likeness (QED) is 0.805. The van der Waals surface area contributed by atoms with Gasteiger partial charge in [0.2, 0.25) is 0 Å². The largest absolute Gasteiger partial charge is 0.482 e. The summed E-state index contributed by atoms with van der Waals surface area (Å²) in [7, 11) is 0. The molecule has 5 heteroatoms. The van der Waals surface area contributed by atoms with Crippen molar-refractivity contribution in [2.24, 2.45) is 0 Å². The highest BCUT2D eigenvalue weighted by Gasteiger charge is 2.32. The van der Waals surface area contributed by atoms with Crippen molar-refractivity contribution in [3.8, 4) is 5.75 Å². The summed E-state index contributed by atoms with van der Waals surface area (Å²) in [6.07, 6.45) is 0. The van der Waals surface area contributed by atoms with Crippen molar-refractivity contribution in [3.63, 3.8) is 0 Å². The molecule has 0 bridgehead atoms. The standard InChI is InChI=1S/C11H11NO4/c1-7(11(14)15)12-8-4-2-3-5-9(8)16-6-10(12)13/h2-5,7H,6H2,1H3,(H,14,15)/t7-/m0/s1. The first-order chi connectivity index (χ1) is 7.61. The molecule has 2 rings (SSSR count). The third-order valence-electron chi connectivity index (χ3n) is 2.49. The van der Waals surface area contributed by atoms with Gasteiger partial charge in [-0.25, -0.2) is 4.79 Å². The minimum Gasteiger partial charge on any atom is -0.482 e. The summed E-state index contributed by atoms with van der Waals surface area (Å²) in [5, 5.41) is 8.94. The molecular weight excluding hydrogens is 210 g/mol. The monoisotopic (exact) mass is 221 g/mol. The fourth-order valence-electron chi connectivity index (χ4n) is 1.66.